The highest BCUT2D eigenvalue weighted by Crippen LogP contribution is 2.34. The third kappa shape index (κ3) is 4.76. The van der Waals surface area contributed by atoms with Gasteiger partial charge >= 0.3 is 0 Å². The third-order valence-electron chi connectivity index (χ3n) is 7.53. The minimum Gasteiger partial charge on any atom is -0.373 e. The van der Waals surface area contributed by atoms with Crippen molar-refractivity contribution >= 4 is 11.6 Å². The molecule has 0 aliphatic carbocycles. The van der Waals surface area contributed by atoms with E-state index >= 15 is 0 Å². The molecule has 0 spiro atoms. The summed E-state index contributed by atoms with van der Waals surface area (Å²) in [4.78, 5) is 18.9. The van der Waals surface area contributed by atoms with Crippen molar-refractivity contribution in [1.82, 2.24) is 24.4 Å². The number of nitrogens with zero attached hydrogens (tertiary/aromatic N) is 6. The maximum absolute atomic E-state index is 13.9. The van der Waals surface area contributed by atoms with Crippen LogP contribution in [0.5, 0.6) is 0 Å². The van der Waals surface area contributed by atoms with Gasteiger partial charge in [0.15, 0.2) is 0 Å². The van der Waals surface area contributed by atoms with Crippen LogP contribution in [-0.2, 0) is 13.0 Å². The lowest BCUT2D eigenvalue weighted by atomic mass is 9.94. The van der Waals surface area contributed by atoms with Crippen LogP contribution in [0.15, 0.2) is 30.7 Å². The number of likely N-dealkylation sites (tertiary alicyclic amines) is 1. The lowest BCUT2D eigenvalue weighted by molar-refractivity contribution is 0.118. The summed E-state index contributed by atoms with van der Waals surface area (Å²) in [5.41, 5.74) is 3.77. The fourth-order valence-corrected chi connectivity index (χ4v) is 5.63. The molecule has 4 heterocycles. The summed E-state index contributed by atoms with van der Waals surface area (Å²) in [6, 6.07) is 5.31. The molecule has 0 saturated carbocycles. The predicted octanol–water partition coefficient (Wildman–Crippen LogP) is 4.34. The zero-order valence-electron chi connectivity index (χ0n) is 21.3. The average molecular weight is 478 g/mol. The molecule has 2 aromatic heterocycles. The first kappa shape index (κ1) is 23.7. The van der Waals surface area contributed by atoms with E-state index in [1.54, 1.807) is 12.4 Å². The van der Waals surface area contributed by atoms with Crippen LogP contribution in [0.4, 0.5) is 16.0 Å². The Morgan fingerprint density at radius 3 is 2.57 bits per heavy atom. The van der Waals surface area contributed by atoms with Gasteiger partial charge in [-0.3, -0.25) is 0 Å². The Bertz CT molecular complexity index is 1180. The second-order valence-electron chi connectivity index (χ2n) is 10.1. The highest BCUT2D eigenvalue weighted by Gasteiger charge is 2.30. The SMILES string of the molecule is CCc1c(NC)ncnc1N1CCC(c2nc(-c3ccc(F)c(C)c3)cn2CC2CN(C)C2)CC1. The van der Waals surface area contributed by atoms with E-state index in [0.29, 0.717) is 17.4 Å². The van der Waals surface area contributed by atoms with E-state index in [-0.39, 0.29) is 5.82 Å². The molecule has 5 rings (SSSR count). The highest BCUT2D eigenvalue weighted by molar-refractivity contribution is 5.60. The Morgan fingerprint density at radius 2 is 1.91 bits per heavy atom. The lowest BCUT2D eigenvalue weighted by Gasteiger charge is -2.37. The summed E-state index contributed by atoms with van der Waals surface area (Å²) >= 11 is 0. The second kappa shape index (κ2) is 9.93. The van der Waals surface area contributed by atoms with E-state index in [4.69, 9.17) is 4.98 Å². The zero-order valence-corrected chi connectivity index (χ0v) is 21.3. The van der Waals surface area contributed by atoms with E-state index in [2.05, 4.69) is 49.8 Å². The van der Waals surface area contributed by atoms with Crippen LogP contribution in [0.1, 0.15) is 42.6 Å². The minimum absolute atomic E-state index is 0.170. The molecule has 8 heteroatoms. The summed E-state index contributed by atoms with van der Waals surface area (Å²) in [6.07, 6.45) is 6.81. The fourth-order valence-electron chi connectivity index (χ4n) is 5.63. The summed E-state index contributed by atoms with van der Waals surface area (Å²) in [6.45, 7) is 9.11. The van der Waals surface area contributed by atoms with Crippen molar-refractivity contribution < 1.29 is 4.39 Å². The number of nitrogens with one attached hydrogen (secondary N) is 1. The molecule has 7 nitrogen and oxygen atoms in total. The summed E-state index contributed by atoms with van der Waals surface area (Å²) in [5.74, 6) is 4.02. The van der Waals surface area contributed by atoms with Gasteiger partial charge in [0.1, 0.15) is 29.6 Å². The van der Waals surface area contributed by atoms with Gasteiger partial charge < -0.3 is 19.7 Å². The minimum atomic E-state index is -0.170. The van der Waals surface area contributed by atoms with Crippen LogP contribution < -0.4 is 10.2 Å². The maximum atomic E-state index is 13.9. The third-order valence-corrected chi connectivity index (χ3v) is 7.53. The van der Waals surface area contributed by atoms with Crippen LogP contribution in [0.25, 0.3) is 11.3 Å². The molecule has 2 saturated heterocycles. The normalized spacial score (nSPS) is 17.6. The number of halogens is 1. The lowest BCUT2D eigenvalue weighted by Crippen LogP contribution is -2.45. The number of aryl methyl sites for hydroxylation is 1. The standard InChI is InChI=1S/C27H36FN7/c1-5-22-25(29-3)30-17-31-27(22)34-10-8-20(9-11-34)26-32-24(21-6-7-23(28)18(2)12-21)16-35(26)15-19-13-33(4)14-19/h6-7,12,16-17,19-20H,5,8-11,13-15H2,1-4H3,(H,29,30,31). The first-order chi connectivity index (χ1) is 17.0. The van der Waals surface area contributed by atoms with Crippen molar-refractivity contribution in [2.24, 2.45) is 5.92 Å². The van der Waals surface area contributed by atoms with Crippen molar-refractivity contribution in [3.8, 4) is 11.3 Å². The molecule has 35 heavy (non-hydrogen) atoms. The Morgan fingerprint density at radius 1 is 1.14 bits per heavy atom. The molecule has 0 amide bonds. The van der Waals surface area contributed by atoms with Crippen LogP contribution in [-0.4, -0.2) is 64.7 Å². The number of hydrogen-bond acceptors (Lipinski definition) is 6. The molecule has 3 aromatic rings. The molecule has 2 fully saturated rings. The first-order valence-corrected chi connectivity index (χ1v) is 12.8. The van der Waals surface area contributed by atoms with E-state index in [1.165, 1.54) is 11.4 Å². The van der Waals surface area contributed by atoms with Crippen molar-refractivity contribution in [2.45, 2.75) is 45.6 Å². The van der Waals surface area contributed by atoms with Crippen molar-refractivity contribution in [3.05, 3.63) is 53.5 Å². The number of hydrogen-bond donors (Lipinski definition) is 1. The van der Waals surface area contributed by atoms with Gasteiger partial charge in [-0.1, -0.05) is 6.92 Å². The van der Waals surface area contributed by atoms with Gasteiger partial charge in [-0.25, -0.2) is 19.3 Å². The first-order valence-electron chi connectivity index (χ1n) is 12.8. The quantitative estimate of drug-likeness (QED) is 0.546. The van der Waals surface area contributed by atoms with Gasteiger partial charge in [0, 0.05) is 68.9 Å². The monoisotopic (exact) mass is 477 g/mol. The number of rotatable bonds is 7. The van der Waals surface area contributed by atoms with Crippen molar-refractivity contribution in [3.63, 3.8) is 0 Å². The van der Waals surface area contributed by atoms with Gasteiger partial charge in [0.05, 0.1) is 5.69 Å². The predicted molar refractivity (Wildman–Crippen MR) is 138 cm³/mol. The number of piperidine rings is 1. The highest BCUT2D eigenvalue weighted by atomic mass is 19.1. The number of aromatic nitrogens is 4. The van der Waals surface area contributed by atoms with Gasteiger partial charge in [0.25, 0.3) is 0 Å². The molecule has 1 N–H and O–H groups in total. The Balaban J connectivity index is 1.38. The molecular formula is C27H36FN7. The summed E-state index contributed by atoms with van der Waals surface area (Å²) in [7, 11) is 4.09. The molecule has 0 unspecified atom stereocenters. The Labute approximate surface area is 207 Å². The summed E-state index contributed by atoms with van der Waals surface area (Å²) in [5, 5.41) is 3.21. The molecule has 186 valence electrons. The Hall–Kier alpha value is -3.00. The molecule has 1 aromatic carbocycles. The van der Waals surface area contributed by atoms with E-state index in [0.717, 1.165) is 74.9 Å². The molecular weight excluding hydrogens is 441 g/mol. The molecule has 0 radical (unpaired) electrons. The topological polar surface area (TPSA) is 62.1 Å². The molecule has 0 atom stereocenters. The molecule has 2 aliphatic rings. The van der Waals surface area contributed by atoms with E-state index in [1.807, 2.05) is 26.1 Å². The Kier molecular flexibility index (Phi) is 6.73. The van der Waals surface area contributed by atoms with Gasteiger partial charge in [-0.05, 0) is 57.0 Å². The van der Waals surface area contributed by atoms with Crippen molar-refractivity contribution in [1.29, 1.82) is 0 Å². The van der Waals surface area contributed by atoms with E-state index in [9.17, 15) is 4.39 Å². The largest absolute Gasteiger partial charge is 0.373 e. The number of benzene rings is 1. The molecule has 2 aliphatic heterocycles. The van der Waals surface area contributed by atoms with Gasteiger partial charge in [-0.15, -0.1) is 0 Å². The number of imidazole rings is 1. The van der Waals surface area contributed by atoms with Crippen LogP contribution in [0, 0.1) is 18.7 Å². The van der Waals surface area contributed by atoms with E-state index < -0.39 is 0 Å². The fraction of sp³-hybridized carbons (Fsp3) is 0.519. The zero-order chi connectivity index (χ0) is 24.5. The second-order valence-corrected chi connectivity index (χ2v) is 10.1. The maximum Gasteiger partial charge on any atom is 0.137 e. The van der Waals surface area contributed by atoms with Gasteiger partial charge in [-0.2, -0.15) is 0 Å². The van der Waals surface area contributed by atoms with Crippen LogP contribution in [0.3, 0.4) is 0 Å². The smallest absolute Gasteiger partial charge is 0.137 e. The van der Waals surface area contributed by atoms with Crippen LogP contribution >= 0.6 is 0 Å². The van der Waals surface area contributed by atoms with Crippen molar-refractivity contribution in [2.75, 3.05) is 50.5 Å². The molecule has 0 bridgehead atoms. The average Bonchev–Trinajstić information content (AvgIpc) is 3.28. The summed E-state index contributed by atoms with van der Waals surface area (Å²) < 4.78 is 16.3. The van der Waals surface area contributed by atoms with Gasteiger partial charge in [0.2, 0.25) is 0 Å². The van der Waals surface area contributed by atoms with Crippen LogP contribution in [0.2, 0.25) is 0 Å². The number of anilines is 2.